The molecule has 1 saturated heterocycles. The lowest BCUT2D eigenvalue weighted by Gasteiger charge is -2.37. The van der Waals surface area contributed by atoms with Crippen molar-refractivity contribution in [1.29, 1.82) is 0 Å². The number of likely N-dealkylation sites (tertiary alicyclic amines) is 1. The summed E-state index contributed by atoms with van der Waals surface area (Å²) >= 11 is 0. The average Bonchev–Trinajstić information content (AvgIpc) is 3.59. The second kappa shape index (κ2) is 7.14. The van der Waals surface area contributed by atoms with Crippen LogP contribution in [0.5, 0.6) is 0 Å². The third kappa shape index (κ3) is 3.01. The van der Waals surface area contributed by atoms with Crippen LogP contribution in [0.15, 0.2) is 54.6 Å². The lowest BCUT2D eigenvalue weighted by molar-refractivity contribution is -0.140. The van der Waals surface area contributed by atoms with E-state index in [4.69, 9.17) is 0 Å². The Balaban J connectivity index is 1.35. The quantitative estimate of drug-likeness (QED) is 0.527. The number of imide groups is 1. The summed E-state index contributed by atoms with van der Waals surface area (Å²) in [7, 11) is 0. The van der Waals surface area contributed by atoms with Crippen LogP contribution in [0.2, 0.25) is 0 Å². The molecule has 2 bridgehead atoms. The molecule has 2 aromatic carbocycles. The molecule has 4 aliphatic carbocycles. The molecule has 5 aliphatic rings. The molecule has 6 atom stereocenters. The van der Waals surface area contributed by atoms with Gasteiger partial charge in [-0.1, -0.05) is 35.9 Å². The Bertz CT molecular complexity index is 1180. The van der Waals surface area contributed by atoms with Crippen molar-refractivity contribution in [3.63, 3.8) is 0 Å². The lowest BCUT2D eigenvalue weighted by Crippen LogP contribution is -2.45. The summed E-state index contributed by atoms with van der Waals surface area (Å²) in [6, 6.07) is 13.2. The van der Waals surface area contributed by atoms with Crippen molar-refractivity contribution in [1.82, 2.24) is 4.90 Å². The predicted molar refractivity (Wildman–Crippen MR) is 125 cm³/mol. The molecular weight excluding hydrogens is 412 g/mol. The number of rotatable bonds is 4. The Morgan fingerprint density at radius 2 is 1.48 bits per heavy atom. The van der Waals surface area contributed by atoms with Gasteiger partial charge in [0, 0.05) is 11.3 Å². The van der Waals surface area contributed by atoms with Gasteiger partial charge in [-0.2, -0.15) is 0 Å². The fourth-order valence-electron chi connectivity index (χ4n) is 6.31. The van der Waals surface area contributed by atoms with E-state index >= 15 is 0 Å². The van der Waals surface area contributed by atoms with Gasteiger partial charge in [0.2, 0.25) is 11.8 Å². The number of carbonyl (C=O) groups is 3. The highest BCUT2D eigenvalue weighted by Gasteiger charge is 2.67. The van der Waals surface area contributed by atoms with Crippen LogP contribution >= 0.6 is 0 Å². The Kier molecular flexibility index (Phi) is 4.42. The normalized spacial score (nSPS) is 30.9. The number of benzene rings is 2. The molecule has 6 unspecified atom stereocenters. The monoisotopic (exact) mass is 440 g/mol. The summed E-state index contributed by atoms with van der Waals surface area (Å²) in [6.07, 6.45) is 5.48. The van der Waals surface area contributed by atoms with Crippen LogP contribution in [-0.2, 0) is 9.59 Å². The first-order chi connectivity index (χ1) is 15.8. The number of amides is 3. The molecule has 0 N–H and O–H groups in total. The lowest BCUT2D eigenvalue weighted by atomic mass is 9.63. The van der Waals surface area contributed by atoms with E-state index in [1.807, 2.05) is 51.1 Å². The Hall–Kier alpha value is -3.21. The molecule has 0 aromatic heterocycles. The topological polar surface area (TPSA) is 57.7 Å². The summed E-state index contributed by atoms with van der Waals surface area (Å²) < 4.78 is 0. The Labute approximate surface area is 194 Å². The van der Waals surface area contributed by atoms with E-state index in [-0.39, 0.29) is 48.1 Å². The van der Waals surface area contributed by atoms with Crippen LogP contribution in [-0.4, -0.2) is 29.3 Å². The molecular formula is C28H28N2O3. The second-order valence-corrected chi connectivity index (χ2v) is 10.3. The van der Waals surface area contributed by atoms with E-state index in [1.165, 1.54) is 4.90 Å². The minimum absolute atomic E-state index is 0.0470. The van der Waals surface area contributed by atoms with Gasteiger partial charge in [0.1, 0.15) is 6.67 Å². The number of carbonyl (C=O) groups excluding carboxylic acids is 3. The highest BCUT2D eigenvalue weighted by Crippen LogP contribution is 2.65. The molecule has 0 spiro atoms. The van der Waals surface area contributed by atoms with Crippen LogP contribution < -0.4 is 4.90 Å². The van der Waals surface area contributed by atoms with E-state index in [0.29, 0.717) is 23.1 Å². The number of anilines is 1. The van der Waals surface area contributed by atoms with Gasteiger partial charge in [-0.05, 0) is 86.3 Å². The molecule has 2 aromatic rings. The first-order valence-corrected chi connectivity index (χ1v) is 11.8. The van der Waals surface area contributed by atoms with Crippen molar-refractivity contribution in [3.8, 4) is 0 Å². The maximum Gasteiger partial charge on any atom is 0.259 e. The van der Waals surface area contributed by atoms with Gasteiger partial charge in [-0.3, -0.25) is 24.2 Å². The molecule has 7 rings (SSSR count). The van der Waals surface area contributed by atoms with Crippen molar-refractivity contribution in [2.75, 3.05) is 11.6 Å². The summed E-state index contributed by atoms with van der Waals surface area (Å²) in [5.41, 5.74) is 4.49. The van der Waals surface area contributed by atoms with E-state index < -0.39 is 0 Å². The number of aryl methyl sites for hydroxylation is 3. The molecule has 3 fully saturated rings. The van der Waals surface area contributed by atoms with Gasteiger partial charge < -0.3 is 0 Å². The minimum Gasteiger partial charge on any atom is -0.290 e. The standard InChI is InChI=1S/C28H28N2O3/c1-15-4-7-18(8-5-15)26(31)29(19-9-6-16(2)17(3)12-19)14-30-27(32)24-20-10-11-21(23-13-22(20)23)25(24)28(30)33/h4-12,20-25H,13-14H2,1-3H3. The first kappa shape index (κ1) is 20.4. The zero-order valence-electron chi connectivity index (χ0n) is 19.2. The molecule has 1 heterocycles. The van der Waals surface area contributed by atoms with Gasteiger partial charge in [-0.25, -0.2) is 0 Å². The molecule has 33 heavy (non-hydrogen) atoms. The van der Waals surface area contributed by atoms with Crippen LogP contribution in [0, 0.1) is 56.3 Å². The van der Waals surface area contributed by atoms with Gasteiger partial charge in [0.15, 0.2) is 0 Å². The fraction of sp³-hybridized carbons (Fsp3) is 0.393. The second-order valence-electron chi connectivity index (χ2n) is 10.3. The SMILES string of the molecule is Cc1ccc(C(=O)N(CN2C(=O)C3C4C=CC(C5CC45)C3C2=O)c2ccc(C)c(C)c2)cc1. The third-order valence-electron chi connectivity index (χ3n) is 8.38. The van der Waals surface area contributed by atoms with Crippen LogP contribution in [0.1, 0.15) is 33.5 Å². The summed E-state index contributed by atoms with van der Waals surface area (Å²) in [4.78, 5) is 43.6. The summed E-state index contributed by atoms with van der Waals surface area (Å²) in [6.45, 7) is 5.96. The van der Waals surface area contributed by atoms with Crippen molar-refractivity contribution in [2.24, 2.45) is 35.5 Å². The number of hydrogen-bond acceptors (Lipinski definition) is 3. The first-order valence-electron chi connectivity index (χ1n) is 11.8. The maximum absolute atomic E-state index is 13.6. The molecule has 2 saturated carbocycles. The van der Waals surface area contributed by atoms with Crippen LogP contribution in [0.25, 0.3) is 0 Å². The Morgan fingerprint density at radius 3 is 2.06 bits per heavy atom. The molecule has 1 aliphatic heterocycles. The van der Waals surface area contributed by atoms with E-state index in [9.17, 15) is 14.4 Å². The van der Waals surface area contributed by atoms with Crippen molar-refractivity contribution >= 4 is 23.4 Å². The van der Waals surface area contributed by atoms with Crippen LogP contribution in [0.4, 0.5) is 5.69 Å². The van der Waals surface area contributed by atoms with Crippen molar-refractivity contribution < 1.29 is 14.4 Å². The molecule has 0 radical (unpaired) electrons. The zero-order chi connectivity index (χ0) is 23.0. The van der Waals surface area contributed by atoms with Crippen molar-refractivity contribution in [2.45, 2.75) is 27.2 Å². The van der Waals surface area contributed by atoms with Gasteiger partial charge in [0.05, 0.1) is 11.8 Å². The van der Waals surface area contributed by atoms with Crippen LogP contribution in [0.3, 0.4) is 0 Å². The fourth-order valence-corrected chi connectivity index (χ4v) is 6.31. The van der Waals surface area contributed by atoms with E-state index in [1.54, 1.807) is 17.0 Å². The smallest absolute Gasteiger partial charge is 0.259 e. The zero-order valence-corrected chi connectivity index (χ0v) is 19.2. The Morgan fingerprint density at radius 1 is 0.879 bits per heavy atom. The molecule has 168 valence electrons. The predicted octanol–water partition coefficient (Wildman–Crippen LogP) is 4.27. The average molecular weight is 441 g/mol. The number of nitrogens with zero attached hydrogens (tertiary/aromatic N) is 2. The van der Waals surface area contributed by atoms with E-state index in [2.05, 4.69) is 12.2 Å². The number of allylic oxidation sites excluding steroid dienone is 2. The third-order valence-corrected chi connectivity index (χ3v) is 8.38. The van der Waals surface area contributed by atoms with Gasteiger partial charge in [-0.15, -0.1) is 0 Å². The van der Waals surface area contributed by atoms with Gasteiger partial charge >= 0.3 is 0 Å². The summed E-state index contributed by atoms with van der Waals surface area (Å²) in [5, 5.41) is 0. The molecule has 5 nitrogen and oxygen atoms in total. The maximum atomic E-state index is 13.6. The summed E-state index contributed by atoms with van der Waals surface area (Å²) in [5.74, 6) is 0.521. The molecule has 5 heteroatoms. The van der Waals surface area contributed by atoms with E-state index in [0.717, 1.165) is 23.1 Å². The largest absolute Gasteiger partial charge is 0.290 e. The minimum atomic E-state index is -0.257. The highest BCUT2D eigenvalue weighted by atomic mass is 16.2. The number of hydrogen-bond donors (Lipinski definition) is 0. The van der Waals surface area contributed by atoms with Crippen molar-refractivity contribution in [3.05, 3.63) is 76.9 Å². The molecule has 3 amide bonds. The van der Waals surface area contributed by atoms with Gasteiger partial charge in [0.25, 0.3) is 5.91 Å². The highest BCUT2D eigenvalue weighted by molar-refractivity contribution is 6.10.